The monoisotopic (exact) mass is 300 g/mol. The molecule has 0 aromatic carbocycles. The lowest BCUT2D eigenvalue weighted by Gasteiger charge is -2.30. The lowest BCUT2D eigenvalue weighted by molar-refractivity contribution is 0.0192. The van der Waals surface area contributed by atoms with Gasteiger partial charge in [0.25, 0.3) is 0 Å². The molecule has 0 aromatic heterocycles. The molecule has 0 radical (unpaired) electrons. The van der Waals surface area contributed by atoms with Gasteiger partial charge in [-0.25, -0.2) is 4.79 Å². The molecule has 0 saturated carbocycles. The number of carbonyl (C=O) groups is 1. The van der Waals surface area contributed by atoms with Crippen LogP contribution in [0.1, 0.15) is 74.1 Å². The molecule has 0 rings (SSSR count). The van der Waals surface area contributed by atoms with Gasteiger partial charge in [0.2, 0.25) is 0 Å². The van der Waals surface area contributed by atoms with Crippen LogP contribution in [0.3, 0.4) is 0 Å². The Kier molecular flexibility index (Phi) is 9.67. The average molecular weight is 300 g/mol. The van der Waals surface area contributed by atoms with Crippen LogP contribution in [0.25, 0.3) is 0 Å². The molecule has 0 aromatic rings. The van der Waals surface area contributed by atoms with E-state index in [1.165, 1.54) is 25.7 Å². The summed E-state index contributed by atoms with van der Waals surface area (Å²) < 4.78 is 5.47. The number of amides is 1. The Morgan fingerprint density at radius 3 is 2.05 bits per heavy atom. The van der Waals surface area contributed by atoms with Gasteiger partial charge in [-0.1, -0.05) is 26.7 Å². The topological polar surface area (TPSA) is 41.6 Å². The number of carbonyl (C=O) groups excluding carboxylic acids is 1. The minimum atomic E-state index is -0.440. The second-order valence-corrected chi connectivity index (χ2v) is 7.00. The van der Waals surface area contributed by atoms with Gasteiger partial charge in [0.05, 0.1) is 0 Å². The molecule has 0 atom stereocenters. The summed E-state index contributed by atoms with van der Waals surface area (Å²) in [5, 5.41) is 3.58. The molecule has 0 spiro atoms. The quantitative estimate of drug-likeness (QED) is 0.694. The number of nitrogens with one attached hydrogen (secondary N) is 1. The fraction of sp³-hybridized carbons (Fsp3) is 0.941. The van der Waals surface area contributed by atoms with Crippen LogP contribution in [0.15, 0.2) is 0 Å². The SMILES string of the molecule is CCCC(CCC)NCCN(C(=O)OC(C)(C)C)C(C)C. The maximum absolute atomic E-state index is 12.2. The summed E-state index contributed by atoms with van der Waals surface area (Å²) in [6, 6.07) is 0.713. The molecule has 126 valence electrons. The van der Waals surface area contributed by atoms with Crippen molar-refractivity contribution in [2.75, 3.05) is 13.1 Å². The summed E-state index contributed by atoms with van der Waals surface area (Å²) in [5.74, 6) is 0. The predicted octanol–water partition coefficient (Wildman–Crippen LogP) is 4.19. The third-order valence-electron chi connectivity index (χ3n) is 3.31. The van der Waals surface area contributed by atoms with E-state index in [1.54, 1.807) is 4.90 Å². The van der Waals surface area contributed by atoms with Crippen molar-refractivity contribution in [2.24, 2.45) is 0 Å². The zero-order valence-corrected chi connectivity index (χ0v) is 15.2. The van der Waals surface area contributed by atoms with E-state index in [0.717, 1.165) is 6.54 Å². The molecular formula is C17H36N2O2. The van der Waals surface area contributed by atoms with Gasteiger partial charge in [0, 0.05) is 25.2 Å². The summed E-state index contributed by atoms with van der Waals surface area (Å²) in [6.07, 6.45) is 4.56. The normalized spacial score (nSPS) is 12.0. The van der Waals surface area contributed by atoms with E-state index in [0.29, 0.717) is 12.6 Å². The molecule has 0 unspecified atom stereocenters. The highest BCUT2D eigenvalue weighted by Crippen LogP contribution is 2.12. The van der Waals surface area contributed by atoms with Crippen LogP contribution < -0.4 is 5.32 Å². The summed E-state index contributed by atoms with van der Waals surface area (Å²) in [6.45, 7) is 15.7. The third kappa shape index (κ3) is 9.72. The van der Waals surface area contributed by atoms with E-state index < -0.39 is 5.60 Å². The number of hydrogen-bond acceptors (Lipinski definition) is 3. The minimum Gasteiger partial charge on any atom is -0.444 e. The summed E-state index contributed by atoms with van der Waals surface area (Å²) in [4.78, 5) is 14.0. The third-order valence-corrected chi connectivity index (χ3v) is 3.31. The number of ether oxygens (including phenoxy) is 1. The van der Waals surface area contributed by atoms with E-state index >= 15 is 0 Å². The summed E-state index contributed by atoms with van der Waals surface area (Å²) in [7, 11) is 0. The molecule has 1 N–H and O–H groups in total. The average Bonchev–Trinajstić information content (AvgIpc) is 2.32. The van der Waals surface area contributed by atoms with E-state index in [-0.39, 0.29) is 12.1 Å². The second kappa shape index (κ2) is 10.0. The van der Waals surface area contributed by atoms with Crippen molar-refractivity contribution in [3.63, 3.8) is 0 Å². The number of nitrogens with zero attached hydrogens (tertiary/aromatic N) is 1. The zero-order valence-electron chi connectivity index (χ0n) is 15.2. The van der Waals surface area contributed by atoms with Gasteiger partial charge in [-0.05, 0) is 47.5 Å². The Hall–Kier alpha value is -0.770. The van der Waals surface area contributed by atoms with Crippen molar-refractivity contribution in [2.45, 2.75) is 91.8 Å². The first-order valence-electron chi connectivity index (χ1n) is 8.44. The first-order chi connectivity index (χ1) is 9.71. The summed E-state index contributed by atoms with van der Waals surface area (Å²) in [5.41, 5.74) is -0.440. The molecule has 4 heteroatoms. The van der Waals surface area contributed by atoms with Gasteiger partial charge in [-0.2, -0.15) is 0 Å². The van der Waals surface area contributed by atoms with Gasteiger partial charge in [-0.15, -0.1) is 0 Å². The lowest BCUT2D eigenvalue weighted by atomic mass is 10.1. The van der Waals surface area contributed by atoms with Crippen molar-refractivity contribution >= 4 is 6.09 Å². The van der Waals surface area contributed by atoms with Crippen LogP contribution >= 0.6 is 0 Å². The van der Waals surface area contributed by atoms with E-state index in [4.69, 9.17) is 4.74 Å². The Morgan fingerprint density at radius 1 is 1.14 bits per heavy atom. The van der Waals surface area contributed by atoms with Crippen LogP contribution in [-0.2, 0) is 4.74 Å². The van der Waals surface area contributed by atoms with Gasteiger partial charge in [-0.3, -0.25) is 0 Å². The number of hydrogen-bond donors (Lipinski definition) is 1. The van der Waals surface area contributed by atoms with Crippen molar-refractivity contribution in [3.8, 4) is 0 Å². The fourth-order valence-electron chi connectivity index (χ4n) is 2.32. The van der Waals surface area contributed by atoms with Crippen LogP contribution in [0.5, 0.6) is 0 Å². The molecule has 21 heavy (non-hydrogen) atoms. The van der Waals surface area contributed by atoms with Gasteiger partial charge < -0.3 is 15.0 Å². The van der Waals surface area contributed by atoms with Crippen LogP contribution in [0.4, 0.5) is 4.79 Å². The number of rotatable bonds is 9. The Balaban J connectivity index is 4.35. The molecule has 0 saturated heterocycles. The fourth-order valence-corrected chi connectivity index (χ4v) is 2.32. The minimum absolute atomic E-state index is 0.150. The van der Waals surface area contributed by atoms with Crippen molar-refractivity contribution < 1.29 is 9.53 Å². The molecule has 0 aliphatic heterocycles. The highest BCUT2D eigenvalue weighted by molar-refractivity contribution is 5.68. The first-order valence-corrected chi connectivity index (χ1v) is 8.44. The highest BCUT2D eigenvalue weighted by atomic mass is 16.6. The van der Waals surface area contributed by atoms with E-state index in [2.05, 4.69) is 19.2 Å². The lowest BCUT2D eigenvalue weighted by Crippen LogP contribution is -2.45. The molecule has 1 amide bonds. The van der Waals surface area contributed by atoms with Crippen LogP contribution in [0.2, 0.25) is 0 Å². The maximum Gasteiger partial charge on any atom is 0.410 e. The van der Waals surface area contributed by atoms with E-state index in [1.807, 2.05) is 34.6 Å². The Bertz CT molecular complexity index is 279. The Morgan fingerprint density at radius 2 is 1.67 bits per heavy atom. The van der Waals surface area contributed by atoms with E-state index in [9.17, 15) is 4.79 Å². The van der Waals surface area contributed by atoms with Crippen molar-refractivity contribution in [1.29, 1.82) is 0 Å². The van der Waals surface area contributed by atoms with Gasteiger partial charge >= 0.3 is 6.09 Å². The second-order valence-electron chi connectivity index (χ2n) is 7.00. The standard InChI is InChI=1S/C17H36N2O2/c1-8-10-15(11-9-2)18-12-13-19(14(3)4)16(20)21-17(5,6)7/h14-15,18H,8-13H2,1-7H3. The van der Waals surface area contributed by atoms with Crippen molar-refractivity contribution in [1.82, 2.24) is 10.2 Å². The smallest absolute Gasteiger partial charge is 0.410 e. The molecular weight excluding hydrogens is 264 g/mol. The molecule has 4 nitrogen and oxygen atoms in total. The van der Waals surface area contributed by atoms with Crippen molar-refractivity contribution in [3.05, 3.63) is 0 Å². The molecule has 0 fully saturated rings. The van der Waals surface area contributed by atoms with Crippen LogP contribution in [0, 0.1) is 0 Å². The van der Waals surface area contributed by atoms with Crippen LogP contribution in [-0.4, -0.2) is 41.8 Å². The zero-order chi connectivity index (χ0) is 16.5. The Labute approximate surface area is 131 Å². The highest BCUT2D eigenvalue weighted by Gasteiger charge is 2.23. The summed E-state index contributed by atoms with van der Waals surface area (Å²) >= 11 is 0. The maximum atomic E-state index is 12.2. The van der Waals surface area contributed by atoms with Gasteiger partial charge in [0.1, 0.15) is 5.60 Å². The van der Waals surface area contributed by atoms with Gasteiger partial charge in [0.15, 0.2) is 0 Å². The molecule has 0 aliphatic rings. The predicted molar refractivity (Wildman–Crippen MR) is 89.7 cm³/mol. The largest absolute Gasteiger partial charge is 0.444 e. The first kappa shape index (κ1) is 20.2. The molecule has 0 heterocycles. The molecule has 0 bridgehead atoms. The molecule has 0 aliphatic carbocycles.